The van der Waals surface area contributed by atoms with Gasteiger partial charge in [0.2, 0.25) is 0 Å². The van der Waals surface area contributed by atoms with Gasteiger partial charge in [-0.25, -0.2) is 0 Å². The summed E-state index contributed by atoms with van der Waals surface area (Å²) in [5, 5.41) is 45.6. The lowest BCUT2D eigenvalue weighted by molar-refractivity contribution is -0.280. The molecule has 0 aromatic heterocycles. The molecule has 6 nitrogen and oxygen atoms in total. The average molecular weight is 607 g/mol. The summed E-state index contributed by atoms with van der Waals surface area (Å²) in [6.45, 7) is 17.0. The Balaban J connectivity index is 1.34. The minimum atomic E-state index is -0.695. The molecule has 5 saturated carbocycles. The van der Waals surface area contributed by atoms with Crippen LogP contribution in [-0.4, -0.2) is 65.4 Å². The zero-order valence-electron chi connectivity index (χ0n) is 28.7. The zero-order chi connectivity index (χ0) is 31.5. The first-order chi connectivity index (χ1) is 20.2. The number of rotatable bonds is 8. The largest absolute Gasteiger partial charge is 0.393 e. The summed E-state index contributed by atoms with van der Waals surface area (Å²) in [5.74, 6) is 3.79. The SMILES string of the molecule is COCCOC(O)CC1CCC(C2CCC(C)C3C(O)C4C(C)C5(C)C(O)C(C(C)O)C(C)CC5(C)CC4(C)CC23)CC1. The first-order valence-corrected chi connectivity index (χ1v) is 18.0. The Labute approximate surface area is 262 Å². The van der Waals surface area contributed by atoms with Crippen LogP contribution >= 0.6 is 0 Å². The average Bonchev–Trinajstić information content (AvgIpc) is 2.91. The second-order valence-corrected chi connectivity index (χ2v) is 17.4. The number of aliphatic hydroxyl groups is 4. The smallest absolute Gasteiger partial charge is 0.154 e. The lowest BCUT2D eigenvalue weighted by Crippen LogP contribution is -2.70. The van der Waals surface area contributed by atoms with Gasteiger partial charge < -0.3 is 29.9 Å². The van der Waals surface area contributed by atoms with Gasteiger partial charge in [0.1, 0.15) is 0 Å². The number of ether oxygens (including phenoxy) is 2. The molecule has 5 fully saturated rings. The third kappa shape index (κ3) is 5.79. The summed E-state index contributed by atoms with van der Waals surface area (Å²) in [6, 6.07) is 0. The van der Waals surface area contributed by atoms with E-state index in [1.165, 1.54) is 32.1 Å². The van der Waals surface area contributed by atoms with Crippen LogP contribution in [0.1, 0.15) is 113 Å². The van der Waals surface area contributed by atoms with Gasteiger partial charge in [-0.1, -0.05) is 48.0 Å². The van der Waals surface area contributed by atoms with E-state index in [9.17, 15) is 20.4 Å². The summed E-state index contributed by atoms with van der Waals surface area (Å²) in [7, 11) is 1.65. The van der Waals surface area contributed by atoms with Crippen molar-refractivity contribution in [2.24, 2.45) is 75.4 Å². The maximum Gasteiger partial charge on any atom is 0.154 e. The summed E-state index contributed by atoms with van der Waals surface area (Å²) in [5.41, 5.74) is -0.331. The van der Waals surface area contributed by atoms with E-state index in [0.717, 1.165) is 32.1 Å². The zero-order valence-corrected chi connectivity index (χ0v) is 28.7. The molecule has 15 unspecified atom stereocenters. The topological polar surface area (TPSA) is 99.4 Å². The highest BCUT2D eigenvalue weighted by molar-refractivity contribution is 5.18. The van der Waals surface area contributed by atoms with E-state index in [2.05, 4.69) is 41.5 Å². The first-order valence-electron chi connectivity index (χ1n) is 18.0. The minimum Gasteiger partial charge on any atom is -0.393 e. The second kappa shape index (κ2) is 12.8. The Hall–Kier alpha value is -0.240. The number of hydrogen-bond acceptors (Lipinski definition) is 6. The van der Waals surface area contributed by atoms with Crippen LogP contribution in [-0.2, 0) is 9.47 Å². The molecule has 0 saturated heterocycles. The highest BCUT2D eigenvalue weighted by Gasteiger charge is 2.70. The molecule has 0 spiro atoms. The molecule has 0 aliphatic heterocycles. The summed E-state index contributed by atoms with van der Waals surface area (Å²) >= 11 is 0. The lowest BCUT2D eigenvalue weighted by Gasteiger charge is -2.72. The van der Waals surface area contributed by atoms with Crippen molar-refractivity contribution in [1.29, 1.82) is 0 Å². The van der Waals surface area contributed by atoms with Crippen molar-refractivity contribution < 1.29 is 29.9 Å². The highest BCUT2D eigenvalue weighted by Crippen LogP contribution is 2.73. The Bertz CT molecular complexity index is 934. The summed E-state index contributed by atoms with van der Waals surface area (Å²) < 4.78 is 10.6. The van der Waals surface area contributed by atoms with Crippen LogP contribution in [0.25, 0.3) is 0 Å². The lowest BCUT2D eigenvalue weighted by atomic mass is 9.34. The predicted molar refractivity (Wildman–Crippen MR) is 170 cm³/mol. The molecule has 6 heteroatoms. The fraction of sp³-hybridized carbons (Fsp3) is 1.00. The monoisotopic (exact) mass is 606 g/mol. The van der Waals surface area contributed by atoms with Gasteiger partial charge in [-0.3, -0.25) is 0 Å². The second-order valence-electron chi connectivity index (χ2n) is 17.4. The van der Waals surface area contributed by atoms with Crippen LogP contribution in [0.3, 0.4) is 0 Å². The molecule has 0 radical (unpaired) electrons. The molecular formula is C37H66O6. The molecule has 5 rings (SSSR count). The molecule has 5 aliphatic rings. The molecule has 4 N–H and O–H groups in total. The quantitative estimate of drug-likeness (QED) is 0.192. The fourth-order valence-corrected chi connectivity index (χ4v) is 13.1. The number of fused-ring (bicyclic) bond motifs is 3. The van der Waals surface area contributed by atoms with Gasteiger partial charge in [0, 0.05) is 24.9 Å². The molecule has 43 heavy (non-hydrogen) atoms. The summed E-state index contributed by atoms with van der Waals surface area (Å²) in [6.07, 6.45) is 9.11. The molecule has 0 heterocycles. The number of methoxy groups -OCH3 is 1. The third-order valence-electron chi connectivity index (χ3n) is 15.1. The molecule has 0 aromatic carbocycles. The van der Waals surface area contributed by atoms with E-state index in [4.69, 9.17) is 9.47 Å². The Morgan fingerprint density at radius 2 is 1.51 bits per heavy atom. The first kappa shape index (κ1) is 34.1. The molecule has 250 valence electrons. The maximum atomic E-state index is 12.5. The van der Waals surface area contributed by atoms with Crippen LogP contribution in [0, 0.1) is 75.4 Å². The third-order valence-corrected chi connectivity index (χ3v) is 15.1. The van der Waals surface area contributed by atoms with E-state index in [0.29, 0.717) is 48.7 Å². The van der Waals surface area contributed by atoms with Crippen molar-refractivity contribution in [1.82, 2.24) is 0 Å². The van der Waals surface area contributed by atoms with Gasteiger partial charge >= 0.3 is 0 Å². The van der Waals surface area contributed by atoms with Gasteiger partial charge in [0.25, 0.3) is 0 Å². The van der Waals surface area contributed by atoms with E-state index >= 15 is 0 Å². The predicted octanol–water partition coefficient (Wildman–Crippen LogP) is 6.28. The molecule has 0 aromatic rings. The van der Waals surface area contributed by atoms with Crippen molar-refractivity contribution in [2.75, 3.05) is 20.3 Å². The van der Waals surface area contributed by atoms with Crippen LogP contribution in [0.2, 0.25) is 0 Å². The Morgan fingerprint density at radius 1 is 0.837 bits per heavy atom. The fourth-order valence-electron chi connectivity index (χ4n) is 13.1. The summed E-state index contributed by atoms with van der Waals surface area (Å²) in [4.78, 5) is 0. The maximum absolute atomic E-state index is 12.5. The van der Waals surface area contributed by atoms with Gasteiger partial charge in [-0.15, -0.1) is 0 Å². The highest BCUT2D eigenvalue weighted by atomic mass is 16.6. The van der Waals surface area contributed by atoms with Crippen molar-refractivity contribution in [3.63, 3.8) is 0 Å². The Morgan fingerprint density at radius 3 is 2.14 bits per heavy atom. The van der Waals surface area contributed by atoms with E-state index < -0.39 is 18.5 Å². The van der Waals surface area contributed by atoms with Gasteiger partial charge in [-0.05, 0) is 122 Å². The molecule has 0 bridgehead atoms. The van der Waals surface area contributed by atoms with E-state index in [1.54, 1.807) is 7.11 Å². The van der Waals surface area contributed by atoms with E-state index in [1.807, 2.05) is 6.92 Å². The number of hydrogen-bond donors (Lipinski definition) is 4. The minimum absolute atomic E-state index is 0.0333. The van der Waals surface area contributed by atoms with Gasteiger partial charge in [-0.2, -0.15) is 0 Å². The van der Waals surface area contributed by atoms with Gasteiger partial charge in [0.15, 0.2) is 6.29 Å². The van der Waals surface area contributed by atoms with Crippen LogP contribution in [0.5, 0.6) is 0 Å². The van der Waals surface area contributed by atoms with Gasteiger partial charge in [0.05, 0.1) is 31.5 Å². The van der Waals surface area contributed by atoms with Crippen molar-refractivity contribution >= 4 is 0 Å². The van der Waals surface area contributed by atoms with Crippen LogP contribution in [0.15, 0.2) is 0 Å². The molecule has 0 amide bonds. The molecular weight excluding hydrogens is 540 g/mol. The Kier molecular flexibility index (Phi) is 10.1. The van der Waals surface area contributed by atoms with Crippen molar-refractivity contribution in [2.45, 2.75) is 137 Å². The van der Waals surface area contributed by atoms with Crippen LogP contribution in [0.4, 0.5) is 0 Å². The number of aliphatic hydroxyl groups excluding tert-OH is 4. The van der Waals surface area contributed by atoms with Crippen LogP contribution < -0.4 is 0 Å². The van der Waals surface area contributed by atoms with Crippen molar-refractivity contribution in [3.05, 3.63) is 0 Å². The van der Waals surface area contributed by atoms with E-state index in [-0.39, 0.29) is 46.0 Å². The van der Waals surface area contributed by atoms with Crippen molar-refractivity contribution in [3.8, 4) is 0 Å². The molecule has 15 atom stereocenters. The standard InChI is InChI=1S/C37H66O6/c1-21-9-14-27(26-12-10-25(11-13-26)17-29(39)43-16-15-42-8)28-19-35(5)20-36(6)18-22(2)30(24(4)38)34(41)37(36,7)23(3)32(35)33(40)31(21)28/h21-34,38-41H,9-20H2,1-8H3. The normalized spacial score (nSPS) is 53.3. The molecule has 5 aliphatic carbocycles.